The van der Waals surface area contributed by atoms with Crippen molar-refractivity contribution in [2.45, 2.75) is 29.7 Å². The maximum Gasteiger partial charge on any atom is 0.0946 e. The minimum atomic E-state index is 0.972. The molecular weight excluding hydrogens is 300 g/mol. The first kappa shape index (κ1) is 15.6. The first-order valence-electron chi connectivity index (χ1n) is 7.77. The monoisotopic (exact) mass is 320 g/mol. The molecule has 0 N–H and O–H groups in total. The number of rotatable bonds is 6. The molecule has 0 spiro atoms. The molecule has 0 saturated carbocycles. The van der Waals surface area contributed by atoms with Crippen LogP contribution >= 0.6 is 11.8 Å². The summed E-state index contributed by atoms with van der Waals surface area (Å²) in [4.78, 5) is 6.60. The summed E-state index contributed by atoms with van der Waals surface area (Å²) in [6.45, 7) is 3.15. The molecule has 3 rings (SSSR count). The van der Waals surface area contributed by atoms with Gasteiger partial charge in [-0.3, -0.25) is 0 Å². The molecule has 0 fully saturated rings. The van der Waals surface area contributed by atoms with Crippen LogP contribution < -0.4 is 0 Å². The standard InChI is InChI=1S/C20H20N2S/c1-17(6-5-14-22-15-13-21-16-22)18-9-11-20(12-10-18)23-19-7-3-2-4-8-19/h2-4,6-13,15-16H,5,14H2,1H3. The third-order valence-corrected chi connectivity index (χ3v) is 4.70. The van der Waals surface area contributed by atoms with Gasteiger partial charge in [-0.15, -0.1) is 0 Å². The summed E-state index contributed by atoms with van der Waals surface area (Å²) < 4.78 is 2.10. The van der Waals surface area contributed by atoms with Gasteiger partial charge in [0.2, 0.25) is 0 Å². The van der Waals surface area contributed by atoms with Crippen molar-refractivity contribution in [1.82, 2.24) is 9.55 Å². The van der Waals surface area contributed by atoms with Crippen molar-refractivity contribution >= 4 is 17.3 Å². The lowest BCUT2D eigenvalue weighted by Gasteiger charge is -2.05. The molecule has 3 heteroatoms. The van der Waals surface area contributed by atoms with E-state index in [0.29, 0.717) is 0 Å². The Morgan fingerprint density at radius 3 is 2.48 bits per heavy atom. The molecule has 0 bridgehead atoms. The highest BCUT2D eigenvalue weighted by Crippen LogP contribution is 2.28. The number of nitrogens with zero attached hydrogens (tertiary/aromatic N) is 2. The van der Waals surface area contributed by atoms with Gasteiger partial charge in [-0.1, -0.05) is 48.2 Å². The van der Waals surface area contributed by atoms with Crippen LogP contribution in [0.15, 0.2) is 89.2 Å². The smallest absolute Gasteiger partial charge is 0.0946 e. The number of allylic oxidation sites excluding steroid dienone is 2. The molecular formula is C20H20N2S. The van der Waals surface area contributed by atoms with Gasteiger partial charge < -0.3 is 4.57 Å². The molecule has 0 atom stereocenters. The van der Waals surface area contributed by atoms with E-state index in [1.807, 2.05) is 24.8 Å². The number of hydrogen-bond acceptors (Lipinski definition) is 2. The highest BCUT2D eigenvalue weighted by atomic mass is 32.2. The summed E-state index contributed by atoms with van der Waals surface area (Å²) in [6.07, 6.45) is 8.99. The van der Waals surface area contributed by atoms with Crippen LogP contribution in [0, 0.1) is 0 Å². The first-order valence-corrected chi connectivity index (χ1v) is 8.59. The third-order valence-electron chi connectivity index (χ3n) is 3.69. The van der Waals surface area contributed by atoms with Gasteiger partial charge in [-0.2, -0.15) is 0 Å². The largest absolute Gasteiger partial charge is 0.337 e. The Hall–Kier alpha value is -2.26. The van der Waals surface area contributed by atoms with Crippen molar-refractivity contribution in [3.63, 3.8) is 0 Å². The predicted octanol–water partition coefficient (Wildman–Crippen LogP) is 5.53. The van der Waals surface area contributed by atoms with Crippen molar-refractivity contribution in [2.75, 3.05) is 0 Å². The lowest BCUT2D eigenvalue weighted by Crippen LogP contribution is -1.92. The molecule has 1 aromatic heterocycles. The van der Waals surface area contributed by atoms with Crippen LogP contribution in [0.5, 0.6) is 0 Å². The van der Waals surface area contributed by atoms with Crippen molar-refractivity contribution in [1.29, 1.82) is 0 Å². The zero-order valence-corrected chi connectivity index (χ0v) is 14.0. The normalized spacial score (nSPS) is 11.6. The van der Waals surface area contributed by atoms with E-state index >= 15 is 0 Å². The molecule has 2 aromatic carbocycles. The number of hydrogen-bond donors (Lipinski definition) is 0. The molecule has 2 nitrogen and oxygen atoms in total. The fourth-order valence-corrected chi connectivity index (χ4v) is 3.22. The van der Waals surface area contributed by atoms with Gasteiger partial charge in [-0.05, 0) is 48.7 Å². The zero-order valence-electron chi connectivity index (χ0n) is 13.2. The zero-order chi connectivity index (χ0) is 15.9. The van der Waals surface area contributed by atoms with Crippen LogP contribution in [-0.4, -0.2) is 9.55 Å². The Balaban J connectivity index is 1.59. The molecule has 0 radical (unpaired) electrons. The summed E-state index contributed by atoms with van der Waals surface area (Å²) in [5.41, 5.74) is 2.61. The average Bonchev–Trinajstić information content (AvgIpc) is 3.10. The second-order valence-electron chi connectivity index (χ2n) is 5.42. The second kappa shape index (κ2) is 7.84. The predicted molar refractivity (Wildman–Crippen MR) is 97.5 cm³/mol. The minimum absolute atomic E-state index is 0.972. The van der Waals surface area contributed by atoms with E-state index < -0.39 is 0 Å². The van der Waals surface area contributed by atoms with Gasteiger partial charge in [0, 0.05) is 28.7 Å². The molecule has 0 aliphatic rings. The molecule has 116 valence electrons. The highest BCUT2D eigenvalue weighted by Gasteiger charge is 1.99. The molecule has 0 amide bonds. The van der Waals surface area contributed by atoms with Gasteiger partial charge in [0.1, 0.15) is 0 Å². The van der Waals surface area contributed by atoms with E-state index in [4.69, 9.17) is 0 Å². The van der Waals surface area contributed by atoms with Gasteiger partial charge in [0.25, 0.3) is 0 Å². The Morgan fingerprint density at radius 2 is 1.78 bits per heavy atom. The third kappa shape index (κ3) is 4.60. The van der Waals surface area contributed by atoms with Crippen molar-refractivity contribution < 1.29 is 0 Å². The number of aromatic nitrogens is 2. The van der Waals surface area contributed by atoms with E-state index in [0.717, 1.165) is 13.0 Å². The molecule has 3 aromatic rings. The van der Waals surface area contributed by atoms with Gasteiger partial charge >= 0.3 is 0 Å². The Labute approximate surface area is 141 Å². The fraction of sp³-hybridized carbons (Fsp3) is 0.150. The van der Waals surface area contributed by atoms with E-state index in [1.165, 1.54) is 20.9 Å². The van der Waals surface area contributed by atoms with Gasteiger partial charge in [0.05, 0.1) is 6.33 Å². The first-order chi connectivity index (χ1) is 11.3. The maximum absolute atomic E-state index is 4.06. The lowest BCUT2D eigenvalue weighted by atomic mass is 10.1. The fourth-order valence-electron chi connectivity index (χ4n) is 2.38. The van der Waals surface area contributed by atoms with Crippen molar-refractivity contribution in [3.8, 4) is 0 Å². The molecule has 0 saturated heterocycles. The van der Waals surface area contributed by atoms with E-state index in [1.54, 1.807) is 11.8 Å². The Bertz CT molecular complexity index is 744. The minimum Gasteiger partial charge on any atom is -0.337 e. The van der Waals surface area contributed by atoms with Crippen molar-refractivity contribution in [2.24, 2.45) is 0 Å². The summed E-state index contributed by atoms with van der Waals surface area (Å²) in [6, 6.07) is 19.3. The molecule has 23 heavy (non-hydrogen) atoms. The van der Waals surface area contributed by atoms with E-state index in [9.17, 15) is 0 Å². The molecule has 1 heterocycles. The maximum atomic E-state index is 4.06. The van der Waals surface area contributed by atoms with Gasteiger partial charge in [0.15, 0.2) is 0 Å². The summed E-state index contributed by atoms with van der Waals surface area (Å²) in [7, 11) is 0. The quantitative estimate of drug-likeness (QED) is 0.594. The summed E-state index contributed by atoms with van der Waals surface area (Å²) in [5, 5.41) is 0. The Morgan fingerprint density at radius 1 is 1.04 bits per heavy atom. The summed E-state index contributed by atoms with van der Waals surface area (Å²) >= 11 is 1.79. The van der Waals surface area contributed by atoms with Crippen LogP contribution in [0.4, 0.5) is 0 Å². The van der Waals surface area contributed by atoms with Crippen LogP contribution in [0.25, 0.3) is 5.57 Å². The van der Waals surface area contributed by atoms with Crippen molar-refractivity contribution in [3.05, 3.63) is 85.0 Å². The van der Waals surface area contributed by atoms with Crippen LogP contribution in [0.3, 0.4) is 0 Å². The van der Waals surface area contributed by atoms with E-state index in [2.05, 4.69) is 71.1 Å². The van der Waals surface area contributed by atoms with Gasteiger partial charge in [-0.25, -0.2) is 4.98 Å². The van der Waals surface area contributed by atoms with E-state index in [-0.39, 0.29) is 0 Å². The molecule has 0 aliphatic carbocycles. The van der Waals surface area contributed by atoms with Crippen LogP contribution in [0.1, 0.15) is 18.9 Å². The Kier molecular flexibility index (Phi) is 5.33. The molecule has 0 unspecified atom stereocenters. The topological polar surface area (TPSA) is 17.8 Å². The number of benzene rings is 2. The van der Waals surface area contributed by atoms with Crippen LogP contribution in [0.2, 0.25) is 0 Å². The number of aryl methyl sites for hydroxylation is 1. The number of imidazole rings is 1. The average molecular weight is 320 g/mol. The summed E-state index contributed by atoms with van der Waals surface area (Å²) in [5.74, 6) is 0. The lowest BCUT2D eigenvalue weighted by molar-refractivity contribution is 0.709. The highest BCUT2D eigenvalue weighted by molar-refractivity contribution is 7.99. The van der Waals surface area contributed by atoms with Crippen LogP contribution in [-0.2, 0) is 6.54 Å². The molecule has 0 aliphatic heterocycles. The SMILES string of the molecule is CC(=CCCn1ccnc1)c1ccc(Sc2ccccc2)cc1. The second-order valence-corrected chi connectivity index (χ2v) is 6.56.